The number of amides is 2. The maximum atomic E-state index is 12.7. The molecule has 0 aliphatic carbocycles. The van der Waals surface area contributed by atoms with Crippen molar-refractivity contribution in [3.63, 3.8) is 0 Å². The van der Waals surface area contributed by atoms with E-state index in [1.807, 2.05) is 51.1 Å². The Hall–Kier alpha value is -2.73. The Bertz CT molecular complexity index is 806. The Morgan fingerprint density at radius 3 is 2.26 bits per heavy atom. The van der Waals surface area contributed by atoms with Crippen molar-refractivity contribution in [1.82, 2.24) is 10.6 Å². The minimum atomic E-state index is -0.217. The molecule has 2 aromatic rings. The summed E-state index contributed by atoms with van der Waals surface area (Å²) in [6.45, 7) is 5.85. The van der Waals surface area contributed by atoms with Crippen LogP contribution in [0.25, 0.3) is 0 Å². The van der Waals surface area contributed by atoms with Crippen LogP contribution in [-0.4, -0.2) is 16.9 Å². The fourth-order valence-electron chi connectivity index (χ4n) is 2.59. The Morgan fingerprint density at radius 2 is 1.59 bits per heavy atom. The minimum absolute atomic E-state index is 0.135. The highest BCUT2D eigenvalue weighted by molar-refractivity contribution is 7.80. The number of anilines is 1. The van der Waals surface area contributed by atoms with Crippen molar-refractivity contribution < 1.29 is 9.59 Å². The lowest BCUT2D eigenvalue weighted by Gasteiger charge is -2.17. The van der Waals surface area contributed by atoms with Crippen LogP contribution >= 0.6 is 12.2 Å². The first kappa shape index (κ1) is 20.6. The van der Waals surface area contributed by atoms with Crippen LogP contribution in [0.4, 0.5) is 5.69 Å². The lowest BCUT2D eigenvalue weighted by molar-refractivity contribution is -0.120. The summed E-state index contributed by atoms with van der Waals surface area (Å²) in [5, 5.41) is 8.75. The van der Waals surface area contributed by atoms with Crippen molar-refractivity contribution in [3.05, 3.63) is 65.7 Å². The largest absolute Gasteiger partial charge is 0.345 e. The zero-order valence-electron chi connectivity index (χ0n) is 15.8. The first-order valence-electron chi connectivity index (χ1n) is 8.92. The van der Waals surface area contributed by atoms with E-state index in [-0.39, 0.29) is 28.9 Å². The van der Waals surface area contributed by atoms with E-state index in [2.05, 4.69) is 16.0 Å². The van der Waals surface area contributed by atoms with Gasteiger partial charge in [0.05, 0.1) is 17.3 Å². The number of carbonyl (C=O) groups excluding carboxylic acids is 2. The Balaban J connectivity index is 2.05. The maximum absolute atomic E-state index is 12.7. The zero-order valence-corrected chi connectivity index (χ0v) is 16.6. The molecule has 0 spiro atoms. The SMILES string of the molecule is CC(C)CC(=O)NC(=S)Nc1ccccc1C(=O)NC(C)c1ccccc1. The zero-order chi connectivity index (χ0) is 19.8. The second kappa shape index (κ2) is 9.83. The summed E-state index contributed by atoms with van der Waals surface area (Å²) in [6.07, 6.45) is 0.387. The fourth-order valence-corrected chi connectivity index (χ4v) is 2.82. The highest BCUT2D eigenvalue weighted by atomic mass is 32.1. The molecule has 0 radical (unpaired) electrons. The van der Waals surface area contributed by atoms with E-state index in [1.165, 1.54) is 0 Å². The number of carbonyl (C=O) groups is 2. The van der Waals surface area contributed by atoms with E-state index in [1.54, 1.807) is 24.3 Å². The van der Waals surface area contributed by atoms with Crippen molar-refractivity contribution in [2.45, 2.75) is 33.2 Å². The van der Waals surface area contributed by atoms with E-state index < -0.39 is 0 Å². The van der Waals surface area contributed by atoms with E-state index in [4.69, 9.17) is 12.2 Å². The molecule has 6 heteroatoms. The molecule has 1 atom stereocenters. The number of hydrogen-bond donors (Lipinski definition) is 3. The van der Waals surface area contributed by atoms with Crippen LogP contribution in [0.2, 0.25) is 0 Å². The molecule has 0 aliphatic heterocycles. The molecular weight excluding hydrogens is 358 g/mol. The van der Waals surface area contributed by atoms with Crippen LogP contribution in [-0.2, 0) is 4.79 Å². The molecule has 0 saturated carbocycles. The summed E-state index contributed by atoms with van der Waals surface area (Å²) < 4.78 is 0. The third-order valence-electron chi connectivity index (χ3n) is 3.91. The number of benzene rings is 2. The highest BCUT2D eigenvalue weighted by Crippen LogP contribution is 2.18. The molecule has 0 fully saturated rings. The molecule has 2 amide bonds. The molecule has 1 unspecified atom stereocenters. The first-order valence-corrected chi connectivity index (χ1v) is 9.33. The molecule has 5 nitrogen and oxygen atoms in total. The first-order chi connectivity index (χ1) is 12.9. The van der Waals surface area contributed by atoms with Gasteiger partial charge in [-0.1, -0.05) is 56.3 Å². The van der Waals surface area contributed by atoms with Gasteiger partial charge in [0.2, 0.25) is 5.91 Å². The second-order valence-electron chi connectivity index (χ2n) is 6.75. The third-order valence-corrected chi connectivity index (χ3v) is 4.12. The Kier molecular flexibility index (Phi) is 7.49. The summed E-state index contributed by atoms with van der Waals surface area (Å²) in [4.78, 5) is 24.6. The van der Waals surface area contributed by atoms with Crippen molar-refractivity contribution in [3.8, 4) is 0 Å². The monoisotopic (exact) mass is 383 g/mol. The van der Waals surface area contributed by atoms with Crippen molar-refractivity contribution in [2.24, 2.45) is 5.92 Å². The summed E-state index contributed by atoms with van der Waals surface area (Å²) in [7, 11) is 0. The predicted octanol–water partition coefficient (Wildman–Crippen LogP) is 4.04. The topological polar surface area (TPSA) is 70.2 Å². The molecule has 0 heterocycles. The van der Waals surface area contributed by atoms with Crippen LogP contribution in [0.1, 0.15) is 49.2 Å². The van der Waals surface area contributed by atoms with Crippen LogP contribution in [0.15, 0.2) is 54.6 Å². The van der Waals surface area contributed by atoms with Crippen LogP contribution in [0.3, 0.4) is 0 Å². The standard InChI is InChI=1S/C21H25N3O2S/c1-14(2)13-19(25)24-21(27)23-18-12-8-7-11-17(18)20(26)22-15(3)16-9-5-4-6-10-16/h4-12,14-15H,13H2,1-3H3,(H,22,26)(H2,23,24,25,27). The molecule has 2 aromatic carbocycles. The molecule has 3 N–H and O–H groups in total. The van der Waals surface area contributed by atoms with Crippen molar-refractivity contribution in [1.29, 1.82) is 0 Å². The van der Waals surface area contributed by atoms with Gasteiger partial charge in [0, 0.05) is 6.42 Å². The molecule has 0 aromatic heterocycles. The summed E-state index contributed by atoms with van der Waals surface area (Å²) in [5.74, 6) is -0.127. The fraction of sp³-hybridized carbons (Fsp3) is 0.286. The number of para-hydroxylation sites is 1. The van der Waals surface area contributed by atoms with Gasteiger partial charge in [0.25, 0.3) is 5.91 Å². The number of nitrogens with one attached hydrogen (secondary N) is 3. The molecule has 0 bridgehead atoms. The summed E-state index contributed by atoms with van der Waals surface area (Å²) >= 11 is 5.20. The van der Waals surface area contributed by atoms with Gasteiger partial charge >= 0.3 is 0 Å². The number of thiocarbonyl (C=S) groups is 1. The van der Waals surface area contributed by atoms with E-state index >= 15 is 0 Å². The van der Waals surface area contributed by atoms with Gasteiger partial charge in [0.1, 0.15) is 0 Å². The van der Waals surface area contributed by atoms with Gasteiger partial charge in [0.15, 0.2) is 5.11 Å². The average molecular weight is 384 g/mol. The Morgan fingerprint density at radius 1 is 0.963 bits per heavy atom. The normalized spacial score (nSPS) is 11.6. The molecule has 0 aliphatic rings. The lowest BCUT2D eigenvalue weighted by atomic mass is 10.1. The van der Waals surface area contributed by atoms with Crippen LogP contribution in [0.5, 0.6) is 0 Å². The molecular formula is C21H25N3O2S. The maximum Gasteiger partial charge on any atom is 0.253 e. The average Bonchev–Trinajstić information content (AvgIpc) is 2.61. The molecule has 142 valence electrons. The lowest BCUT2D eigenvalue weighted by Crippen LogP contribution is -2.35. The minimum Gasteiger partial charge on any atom is -0.345 e. The van der Waals surface area contributed by atoms with E-state index in [0.29, 0.717) is 17.7 Å². The molecule has 2 rings (SSSR count). The smallest absolute Gasteiger partial charge is 0.253 e. The van der Waals surface area contributed by atoms with Gasteiger partial charge in [-0.05, 0) is 42.8 Å². The van der Waals surface area contributed by atoms with Gasteiger partial charge in [-0.25, -0.2) is 0 Å². The second-order valence-corrected chi connectivity index (χ2v) is 7.16. The van der Waals surface area contributed by atoms with Crippen molar-refractivity contribution >= 4 is 34.8 Å². The number of hydrogen-bond acceptors (Lipinski definition) is 3. The summed E-state index contributed by atoms with van der Waals surface area (Å²) in [5.41, 5.74) is 2.03. The van der Waals surface area contributed by atoms with E-state index in [0.717, 1.165) is 5.56 Å². The van der Waals surface area contributed by atoms with Crippen LogP contribution < -0.4 is 16.0 Å². The number of rotatable bonds is 6. The van der Waals surface area contributed by atoms with E-state index in [9.17, 15) is 9.59 Å². The Labute approximate surface area is 165 Å². The van der Waals surface area contributed by atoms with Crippen LogP contribution in [0, 0.1) is 5.92 Å². The predicted molar refractivity (Wildman–Crippen MR) is 113 cm³/mol. The quantitative estimate of drug-likeness (QED) is 0.659. The van der Waals surface area contributed by atoms with Gasteiger partial charge in [-0.15, -0.1) is 0 Å². The van der Waals surface area contributed by atoms with Gasteiger partial charge < -0.3 is 16.0 Å². The molecule has 0 saturated heterocycles. The van der Waals surface area contributed by atoms with Gasteiger partial charge in [-0.3, -0.25) is 9.59 Å². The van der Waals surface area contributed by atoms with Gasteiger partial charge in [-0.2, -0.15) is 0 Å². The third kappa shape index (κ3) is 6.49. The van der Waals surface area contributed by atoms with Crippen molar-refractivity contribution in [2.75, 3.05) is 5.32 Å². The molecule has 27 heavy (non-hydrogen) atoms. The summed E-state index contributed by atoms with van der Waals surface area (Å²) in [6, 6.07) is 16.7. The highest BCUT2D eigenvalue weighted by Gasteiger charge is 2.16.